The Hall–Kier alpha value is -2.99. The largest absolute Gasteiger partial charge is 0.455 e. The van der Waals surface area contributed by atoms with Crippen LogP contribution in [0.1, 0.15) is 27.7 Å². The number of hydrogen-bond acceptors (Lipinski definition) is 8. The van der Waals surface area contributed by atoms with Gasteiger partial charge in [0.1, 0.15) is 28.7 Å². The molecule has 206 valence electrons. The van der Waals surface area contributed by atoms with E-state index in [1.807, 2.05) is 14.0 Å². The summed E-state index contributed by atoms with van der Waals surface area (Å²) in [7, 11) is 1.82. The fourth-order valence-corrected chi connectivity index (χ4v) is 5.32. The molecule has 0 bridgehead atoms. The van der Waals surface area contributed by atoms with Gasteiger partial charge in [-0.1, -0.05) is 23.2 Å². The first-order chi connectivity index (χ1) is 18.5. The van der Waals surface area contributed by atoms with Crippen LogP contribution in [0.5, 0.6) is 11.5 Å². The van der Waals surface area contributed by atoms with Gasteiger partial charge in [-0.3, -0.25) is 4.68 Å². The molecule has 8 nitrogen and oxygen atoms in total. The highest BCUT2D eigenvalue weighted by Crippen LogP contribution is 2.42. The summed E-state index contributed by atoms with van der Waals surface area (Å²) in [5.41, 5.74) is 2.23. The van der Waals surface area contributed by atoms with Crippen LogP contribution in [0.25, 0.3) is 11.1 Å². The first kappa shape index (κ1) is 29.0. The predicted molar refractivity (Wildman–Crippen MR) is 156 cm³/mol. The minimum absolute atomic E-state index is 0.0873. The summed E-state index contributed by atoms with van der Waals surface area (Å²) >= 11 is 15.0. The van der Waals surface area contributed by atoms with Crippen LogP contribution in [-0.2, 0) is 11.8 Å². The Morgan fingerprint density at radius 1 is 1.21 bits per heavy atom. The molecule has 0 aliphatic heterocycles. The van der Waals surface area contributed by atoms with Crippen molar-refractivity contribution < 1.29 is 18.7 Å². The van der Waals surface area contributed by atoms with Gasteiger partial charge >= 0.3 is 6.09 Å². The van der Waals surface area contributed by atoms with Crippen molar-refractivity contribution in [2.45, 2.75) is 38.2 Å². The fourth-order valence-electron chi connectivity index (χ4n) is 3.48. The molecule has 2 aromatic heterocycles. The van der Waals surface area contributed by atoms with Gasteiger partial charge in [-0.05, 0) is 52.0 Å². The van der Waals surface area contributed by atoms with Crippen molar-refractivity contribution in [1.29, 1.82) is 0 Å². The van der Waals surface area contributed by atoms with Crippen LogP contribution in [0.4, 0.5) is 20.8 Å². The second-order valence-electron chi connectivity index (χ2n) is 9.23. The van der Waals surface area contributed by atoms with E-state index < -0.39 is 17.5 Å². The zero-order chi connectivity index (χ0) is 28.3. The molecular weight excluding hydrogens is 584 g/mol. The number of ether oxygens (including phenoxy) is 2. The van der Waals surface area contributed by atoms with Gasteiger partial charge in [-0.15, -0.1) is 11.3 Å². The number of halogens is 3. The van der Waals surface area contributed by atoms with Crippen molar-refractivity contribution in [2.24, 2.45) is 7.05 Å². The molecule has 4 rings (SSSR count). The van der Waals surface area contributed by atoms with Crippen molar-refractivity contribution >= 4 is 64.2 Å². The lowest BCUT2D eigenvalue weighted by molar-refractivity contribution is 0.0611. The molecule has 0 aliphatic carbocycles. The van der Waals surface area contributed by atoms with E-state index in [0.717, 1.165) is 23.3 Å². The summed E-state index contributed by atoms with van der Waals surface area (Å²) < 4.78 is 29.9. The number of benzene rings is 2. The van der Waals surface area contributed by atoms with E-state index in [4.69, 9.17) is 32.7 Å². The molecule has 0 atom stereocenters. The molecule has 4 aromatic rings. The van der Waals surface area contributed by atoms with E-state index in [1.165, 1.54) is 27.8 Å². The number of amides is 1. The highest BCUT2D eigenvalue weighted by atomic mass is 35.5. The average Bonchev–Trinajstić information content (AvgIpc) is 3.51. The van der Waals surface area contributed by atoms with E-state index in [-0.39, 0.29) is 15.7 Å². The Kier molecular flexibility index (Phi) is 8.95. The van der Waals surface area contributed by atoms with E-state index in [0.29, 0.717) is 28.7 Å². The Morgan fingerprint density at radius 3 is 2.64 bits per heavy atom. The molecular formula is C26H26Cl2FN5O3S2. The molecule has 0 spiro atoms. The number of carbonyl (C=O) groups is 1. The summed E-state index contributed by atoms with van der Waals surface area (Å²) in [5.74, 6) is 0.944. The number of aromatic nitrogens is 3. The van der Waals surface area contributed by atoms with Crippen molar-refractivity contribution in [3.05, 3.63) is 63.3 Å². The molecule has 0 radical (unpaired) electrons. The third-order valence-corrected chi connectivity index (χ3v) is 7.23. The lowest BCUT2D eigenvalue weighted by atomic mass is 10.1. The van der Waals surface area contributed by atoms with Gasteiger partial charge in [-0.2, -0.15) is 9.40 Å². The van der Waals surface area contributed by atoms with Crippen LogP contribution < -0.4 is 14.4 Å². The van der Waals surface area contributed by atoms with Crippen molar-refractivity contribution in [2.75, 3.05) is 16.2 Å². The maximum Gasteiger partial charge on any atom is 0.426 e. The number of nitrogens with zero attached hydrogens (tertiary/aromatic N) is 4. The smallest absolute Gasteiger partial charge is 0.426 e. The Labute approximate surface area is 244 Å². The van der Waals surface area contributed by atoms with Crippen molar-refractivity contribution in [3.63, 3.8) is 0 Å². The lowest BCUT2D eigenvalue weighted by Crippen LogP contribution is -2.32. The first-order valence-corrected chi connectivity index (χ1v) is 14.3. The van der Waals surface area contributed by atoms with Crippen LogP contribution in [0.15, 0.2) is 52.3 Å². The van der Waals surface area contributed by atoms with Gasteiger partial charge in [-0.25, -0.2) is 14.2 Å². The number of anilines is 2. The van der Waals surface area contributed by atoms with Crippen LogP contribution in [0, 0.1) is 5.82 Å². The van der Waals surface area contributed by atoms with Crippen LogP contribution >= 0.6 is 46.5 Å². The Bertz CT molecular complexity index is 1480. The molecule has 2 heterocycles. The third kappa shape index (κ3) is 6.96. The van der Waals surface area contributed by atoms with Crippen LogP contribution in [0.3, 0.4) is 0 Å². The summed E-state index contributed by atoms with van der Waals surface area (Å²) in [5, 5.41) is 9.92. The molecule has 2 aromatic carbocycles. The standard InChI is InChI=1S/C26H26Cl2FN5O3S2/c1-6-30-24-17(12-32-33(24)5)16-9-15(27)7-8-20(16)36-21-11-19(29)22(10-18(21)28)39-34(23-13-38-14-31-23)25(35)37-26(2,3)4/h7-14,30H,6H2,1-5H3. The molecule has 0 unspecified atom stereocenters. The zero-order valence-corrected chi connectivity index (χ0v) is 24.9. The minimum atomic E-state index is -0.753. The van der Waals surface area contributed by atoms with Crippen LogP contribution in [0.2, 0.25) is 10.0 Å². The van der Waals surface area contributed by atoms with E-state index >= 15 is 4.39 Å². The highest BCUT2D eigenvalue weighted by molar-refractivity contribution is 8.01. The SMILES string of the molecule is CCNc1c(-c2cc(Cl)ccc2Oc2cc(F)c(SN(C(=O)OC(C)(C)C)c3cscn3)cc2Cl)cnn1C. The summed E-state index contributed by atoms with van der Waals surface area (Å²) in [6, 6.07) is 7.67. The highest BCUT2D eigenvalue weighted by Gasteiger charge is 2.27. The van der Waals surface area contributed by atoms with E-state index in [1.54, 1.807) is 60.7 Å². The quantitative estimate of drug-likeness (QED) is 0.200. The zero-order valence-electron chi connectivity index (χ0n) is 21.8. The number of aryl methyl sites for hydroxylation is 1. The van der Waals surface area contributed by atoms with Gasteiger partial charge in [0.15, 0.2) is 5.82 Å². The molecule has 0 aliphatic rings. The lowest BCUT2D eigenvalue weighted by Gasteiger charge is -2.25. The number of rotatable bonds is 8. The summed E-state index contributed by atoms with van der Waals surface area (Å²) in [6.45, 7) is 7.90. The number of carbonyl (C=O) groups excluding carboxylic acids is 1. The maximum atomic E-state index is 15.4. The predicted octanol–water partition coefficient (Wildman–Crippen LogP) is 8.66. The summed E-state index contributed by atoms with van der Waals surface area (Å²) in [4.78, 5) is 17.2. The maximum absolute atomic E-state index is 15.4. The molecule has 0 saturated carbocycles. The van der Waals surface area contributed by atoms with Crippen molar-refractivity contribution in [1.82, 2.24) is 14.8 Å². The second kappa shape index (κ2) is 12.0. The minimum Gasteiger partial charge on any atom is -0.455 e. The topological polar surface area (TPSA) is 81.5 Å². The van der Waals surface area contributed by atoms with E-state index in [9.17, 15) is 4.79 Å². The van der Waals surface area contributed by atoms with Gasteiger partial charge in [0.25, 0.3) is 0 Å². The van der Waals surface area contributed by atoms with E-state index in [2.05, 4.69) is 15.4 Å². The molecule has 39 heavy (non-hydrogen) atoms. The number of thiazole rings is 1. The van der Waals surface area contributed by atoms with Gasteiger partial charge in [0.2, 0.25) is 0 Å². The Morgan fingerprint density at radius 2 is 1.97 bits per heavy atom. The normalized spacial score (nSPS) is 11.4. The van der Waals surface area contributed by atoms with Gasteiger partial charge in [0, 0.05) is 53.1 Å². The van der Waals surface area contributed by atoms with Gasteiger partial charge < -0.3 is 14.8 Å². The number of hydrogen-bond donors (Lipinski definition) is 1. The molecule has 0 saturated heterocycles. The first-order valence-electron chi connectivity index (χ1n) is 11.8. The Balaban J connectivity index is 1.66. The fraction of sp³-hybridized carbons (Fsp3) is 0.269. The second-order valence-corrected chi connectivity index (χ2v) is 11.8. The molecule has 1 amide bonds. The molecule has 0 fully saturated rings. The molecule has 1 N–H and O–H groups in total. The molecule has 13 heteroatoms. The van der Waals surface area contributed by atoms with Gasteiger partial charge in [0.05, 0.1) is 21.6 Å². The summed E-state index contributed by atoms with van der Waals surface area (Å²) in [6.07, 6.45) is 1.01. The van der Waals surface area contributed by atoms with Crippen molar-refractivity contribution in [3.8, 4) is 22.6 Å². The monoisotopic (exact) mass is 609 g/mol. The number of nitrogens with one attached hydrogen (secondary N) is 1. The van der Waals surface area contributed by atoms with Crippen LogP contribution in [-0.4, -0.2) is 33.0 Å². The average molecular weight is 611 g/mol. The third-order valence-electron chi connectivity index (χ3n) is 5.10.